The number of anilines is 1. The van der Waals surface area contributed by atoms with Crippen molar-refractivity contribution in [3.63, 3.8) is 0 Å². The van der Waals surface area contributed by atoms with E-state index < -0.39 is 5.54 Å². The molecule has 0 bridgehead atoms. The van der Waals surface area contributed by atoms with Crippen LogP contribution in [0.4, 0.5) is 10.5 Å². The predicted molar refractivity (Wildman–Crippen MR) is 70.5 cm³/mol. The number of nitrogens with zero attached hydrogens (tertiary/aromatic N) is 1. The maximum Gasteiger partial charge on any atom is 0.332 e. The molecule has 0 fully saturated rings. The summed E-state index contributed by atoms with van der Waals surface area (Å²) in [5.74, 6) is 0. The summed E-state index contributed by atoms with van der Waals surface area (Å²) in [6, 6.07) is 7.01. The number of nitrogens with one attached hydrogen (secondary N) is 1. The summed E-state index contributed by atoms with van der Waals surface area (Å²) in [4.78, 5) is 11.7. The van der Waals surface area contributed by atoms with Gasteiger partial charge in [-0.05, 0) is 38.5 Å². The third-order valence-electron chi connectivity index (χ3n) is 2.19. The molecule has 1 aromatic carbocycles. The quantitative estimate of drug-likeness (QED) is 0.631. The van der Waals surface area contributed by atoms with Crippen molar-refractivity contribution in [1.29, 1.82) is 0 Å². The summed E-state index contributed by atoms with van der Waals surface area (Å²) in [7, 11) is 0. The van der Waals surface area contributed by atoms with E-state index in [9.17, 15) is 4.79 Å². The molecule has 0 heterocycles. The zero-order chi connectivity index (χ0) is 13.1. The highest BCUT2D eigenvalue weighted by atomic mass is 35.5. The van der Waals surface area contributed by atoms with E-state index in [4.69, 9.17) is 17.5 Å². The highest BCUT2D eigenvalue weighted by molar-refractivity contribution is 6.21. The van der Waals surface area contributed by atoms with Crippen LogP contribution in [0.1, 0.15) is 26.3 Å². The van der Waals surface area contributed by atoms with Crippen molar-refractivity contribution in [1.82, 2.24) is 9.74 Å². The first-order valence-corrected chi connectivity index (χ1v) is 5.73. The smallest absolute Gasteiger partial charge is 0.332 e. The molecule has 0 aliphatic carbocycles. The minimum Gasteiger partial charge on any atom is -0.399 e. The molecule has 0 radical (unpaired) electrons. The molecule has 0 saturated heterocycles. The van der Waals surface area contributed by atoms with Crippen molar-refractivity contribution in [2.24, 2.45) is 0 Å². The average molecular weight is 256 g/mol. The predicted octanol–water partition coefficient (Wildman–Crippen LogP) is 2.73. The molecular weight excluding hydrogens is 238 g/mol. The number of carbonyl (C=O) groups excluding carboxylic acids is 1. The molecule has 17 heavy (non-hydrogen) atoms. The first-order valence-electron chi connectivity index (χ1n) is 5.39. The zero-order valence-electron chi connectivity index (χ0n) is 10.3. The molecule has 0 aliphatic rings. The summed E-state index contributed by atoms with van der Waals surface area (Å²) in [5, 5.41) is 2.74. The Morgan fingerprint density at radius 3 is 2.35 bits per heavy atom. The molecule has 5 heteroatoms. The van der Waals surface area contributed by atoms with Crippen LogP contribution < -0.4 is 11.1 Å². The van der Waals surface area contributed by atoms with Crippen molar-refractivity contribution in [2.75, 3.05) is 5.73 Å². The Hall–Kier alpha value is -1.42. The van der Waals surface area contributed by atoms with E-state index in [-0.39, 0.29) is 6.03 Å². The second-order valence-corrected chi connectivity index (χ2v) is 5.19. The van der Waals surface area contributed by atoms with Crippen LogP contribution in [-0.4, -0.2) is 16.0 Å². The normalized spacial score (nSPS) is 11.1. The van der Waals surface area contributed by atoms with E-state index in [0.29, 0.717) is 12.2 Å². The van der Waals surface area contributed by atoms with Crippen LogP contribution in [-0.2, 0) is 6.54 Å². The van der Waals surface area contributed by atoms with E-state index in [0.717, 1.165) is 9.98 Å². The van der Waals surface area contributed by atoms with Gasteiger partial charge in [-0.3, -0.25) is 0 Å². The number of hydrogen-bond acceptors (Lipinski definition) is 2. The molecule has 2 amide bonds. The lowest BCUT2D eigenvalue weighted by Gasteiger charge is -2.28. The lowest BCUT2D eigenvalue weighted by Crippen LogP contribution is -2.44. The molecule has 1 rings (SSSR count). The lowest BCUT2D eigenvalue weighted by molar-refractivity contribution is 0.198. The van der Waals surface area contributed by atoms with Gasteiger partial charge in [0, 0.05) is 24.0 Å². The maximum absolute atomic E-state index is 11.7. The molecule has 0 spiro atoms. The molecule has 3 N–H and O–H groups in total. The summed E-state index contributed by atoms with van der Waals surface area (Å²) in [6.07, 6.45) is 0. The standard InChI is InChI=1S/C12H18ClN3O/c1-12(2,3)16(13)11(17)15-8-9-4-6-10(14)7-5-9/h4-7H,8,14H2,1-3H3,(H,15,17). The number of benzene rings is 1. The first kappa shape index (κ1) is 13.6. The topological polar surface area (TPSA) is 58.4 Å². The Bertz CT molecular complexity index is 384. The van der Waals surface area contributed by atoms with Crippen LogP contribution in [0.2, 0.25) is 0 Å². The summed E-state index contributed by atoms with van der Waals surface area (Å²) < 4.78 is 1.16. The number of rotatable bonds is 2. The lowest BCUT2D eigenvalue weighted by atomic mass is 10.1. The fraction of sp³-hybridized carbons (Fsp3) is 0.417. The number of hydrogen-bond donors (Lipinski definition) is 2. The van der Waals surface area contributed by atoms with Gasteiger partial charge < -0.3 is 11.1 Å². The van der Waals surface area contributed by atoms with E-state index in [1.807, 2.05) is 32.9 Å². The summed E-state index contributed by atoms with van der Waals surface area (Å²) >= 11 is 5.90. The summed E-state index contributed by atoms with van der Waals surface area (Å²) in [5.41, 5.74) is 6.84. The van der Waals surface area contributed by atoms with Crippen molar-refractivity contribution in [2.45, 2.75) is 32.9 Å². The van der Waals surface area contributed by atoms with Gasteiger partial charge >= 0.3 is 6.03 Å². The SMILES string of the molecule is CC(C)(C)N(Cl)C(=O)NCc1ccc(N)cc1. The van der Waals surface area contributed by atoms with Crippen LogP contribution in [0.3, 0.4) is 0 Å². The van der Waals surface area contributed by atoms with Crippen molar-refractivity contribution < 1.29 is 4.79 Å². The highest BCUT2D eigenvalue weighted by Crippen LogP contribution is 2.16. The van der Waals surface area contributed by atoms with Crippen LogP contribution >= 0.6 is 11.8 Å². The van der Waals surface area contributed by atoms with Crippen LogP contribution in [0.5, 0.6) is 0 Å². The van der Waals surface area contributed by atoms with E-state index >= 15 is 0 Å². The fourth-order valence-corrected chi connectivity index (χ4v) is 1.25. The second-order valence-electron chi connectivity index (χ2n) is 4.85. The number of amides is 2. The minimum atomic E-state index is -0.410. The number of halogens is 1. The van der Waals surface area contributed by atoms with Crippen molar-refractivity contribution in [3.05, 3.63) is 29.8 Å². The Morgan fingerprint density at radius 1 is 1.35 bits per heavy atom. The first-order chi connectivity index (χ1) is 7.80. The number of urea groups is 1. The Balaban J connectivity index is 2.51. The van der Waals surface area contributed by atoms with Gasteiger partial charge in [0.05, 0.1) is 5.54 Å². The van der Waals surface area contributed by atoms with Crippen LogP contribution in [0.25, 0.3) is 0 Å². The molecule has 0 aliphatic heterocycles. The maximum atomic E-state index is 11.7. The van der Waals surface area contributed by atoms with E-state index in [1.54, 1.807) is 12.1 Å². The highest BCUT2D eigenvalue weighted by Gasteiger charge is 2.24. The van der Waals surface area contributed by atoms with Gasteiger partial charge in [-0.25, -0.2) is 9.21 Å². The van der Waals surface area contributed by atoms with Gasteiger partial charge in [-0.15, -0.1) is 0 Å². The average Bonchev–Trinajstić information content (AvgIpc) is 2.25. The zero-order valence-corrected chi connectivity index (χ0v) is 11.1. The van der Waals surface area contributed by atoms with Crippen molar-refractivity contribution in [3.8, 4) is 0 Å². The van der Waals surface area contributed by atoms with Crippen molar-refractivity contribution >= 4 is 23.5 Å². The minimum absolute atomic E-state index is 0.309. The molecule has 0 aromatic heterocycles. The third kappa shape index (κ3) is 4.15. The Kier molecular flexibility index (Phi) is 4.23. The molecule has 0 saturated carbocycles. The largest absolute Gasteiger partial charge is 0.399 e. The monoisotopic (exact) mass is 255 g/mol. The second kappa shape index (κ2) is 5.27. The number of nitrogen functional groups attached to an aromatic ring is 1. The van der Waals surface area contributed by atoms with Gasteiger partial charge in [0.15, 0.2) is 0 Å². The van der Waals surface area contributed by atoms with E-state index in [2.05, 4.69) is 5.32 Å². The number of nitrogens with two attached hydrogens (primary N) is 1. The Labute approximate surface area is 107 Å². The molecule has 0 unspecified atom stereocenters. The van der Waals surface area contributed by atoms with Gasteiger partial charge in [-0.2, -0.15) is 0 Å². The summed E-state index contributed by atoms with van der Waals surface area (Å²) in [6.45, 7) is 6.02. The van der Waals surface area contributed by atoms with Gasteiger partial charge in [0.2, 0.25) is 0 Å². The van der Waals surface area contributed by atoms with E-state index in [1.165, 1.54) is 0 Å². The van der Waals surface area contributed by atoms with Crippen LogP contribution in [0, 0.1) is 0 Å². The molecule has 94 valence electrons. The van der Waals surface area contributed by atoms with Gasteiger partial charge in [0.1, 0.15) is 0 Å². The van der Waals surface area contributed by atoms with Gasteiger partial charge in [-0.1, -0.05) is 12.1 Å². The molecule has 0 atom stereocenters. The molecule has 4 nitrogen and oxygen atoms in total. The number of carbonyl (C=O) groups is 1. The van der Waals surface area contributed by atoms with Gasteiger partial charge in [0.25, 0.3) is 0 Å². The Morgan fingerprint density at radius 2 is 1.88 bits per heavy atom. The molecule has 1 aromatic rings. The third-order valence-corrected chi connectivity index (χ3v) is 2.85. The fourth-order valence-electron chi connectivity index (χ4n) is 1.19. The van der Waals surface area contributed by atoms with Crippen LogP contribution in [0.15, 0.2) is 24.3 Å². The molecular formula is C12H18ClN3O.